The Hall–Kier alpha value is -0.0400. The molecule has 0 aliphatic carbocycles. The second kappa shape index (κ2) is 2.23. The molecular weight excluding hydrogens is 122 g/mol. The Labute approximate surface area is 63.4 Å². The van der Waals surface area contributed by atoms with Gasteiger partial charge in [-0.05, 0) is 45.6 Å². The minimum Gasteiger partial charge on any atom is -0.298 e. The van der Waals surface area contributed by atoms with Gasteiger partial charge in [-0.1, -0.05) is 0 Å². The largest absolute Gasteiger partial charge is 0.298 e. The monoisotopic (exact) mass is 139 g/mol. The number of nitrogens with zero attached hydrogens (tertiary/aromatic N) is 1. The molecule has 0 N–H and O–H groups in total. The molecule has 0 spiro atoms. The maximum absolute atomic E-state index is 2.67. The van der Waals surface area contributed by atoms with Crippen molar-refractivity contribution < 1.29 is 0 Å². The number of rotatable bonds is 0. The summed E-state index contributed by atoms with van der Waals surface area (Å²) in [6.45, 7) is 6.12. The van der Waals surface area contributed by atoms with Gasteiger partial charge in [0, 0.05) is 12.1 Å². The van der Waals surface area contributed by atoms with E-state index in [0.29, 0.717) is 0 Å². The molecule has 10 heavy (non-hydrogen) atoms. The molecule has 0 saturated carbocycles. The lowest BCUT2D eigenvalue weighted by molar-refractivity contribution is 0.0134. The van der Waals surface area contributed by atoms with Crippen molar-refractivity contribution in [2.24, 2.45) is 5.92 Å². The average molecular weight is 139 g/mol. The Bertz CT molecular complexity index is 121. The molecule has 3 aliphatic rings. The molecule has 3 fully saturated rings. The van der Waals surface area contributed by atoms with E-state index in [9.17, 15) is 0 Å². The molecule has 1 nitrogen and oxygen atoms in total. The summed E-state index contributed by atoms with van der Waals surface area (Å²) >= 11 is 0. The number of hydrogen-bond acceptors (Lipinski definition) is 1. The van der Waals surface area contributed by atoms with Gasteiger partial charge in [-0.15, -0.1) is 0 Å². The molecule has 3 saturated heterocycles. The van der Waals surface area contributed by atoms with Crippen molar-refractivity contribution in [3.8, 4) is 0 Å². The fourth-order valence-corrected chi connectivity index (χ4v) is 2.77. The van der Waals surface area contributed by atoms with E-state index in [4.69, 9.17) is 0 Å². The van der Waals surface area contributed by atoms with Crippen molar-refractivity contribution in [3.05, 3.63) is 0 Å². The Morgan fingerprint density at radius 1 is 1.10 bits per heavy atom. The van der Waals surface area contributed by atoms with Gasteiger partial charge in [0.25, 0.3) is 0 Å². The van der Waals surface area contributed by atoms with Crippen LogP contribution in [0.25, 0.3) is 0 Å². The SMILES string of the molecule is CC1CC2CCN1C(C)C2. The molecule has 1 heteroatoms. The van der Waals surface area contributed by atoms with Crippen molar-refractivity contribution >= 4 is 0 Å². The Kier molecular flexibility index (Phi) is 1.48. The Morgan fingerprint density at radius 2 is 1.70 bits per heavy atom. The van der Waals surface area contributed by atoms with E-state index in [-0.39, 0.29) is 0 Å². The molecule has 0 aromatic heterocycles. The summed E-state index contributed by atoms with van der Waals surface area (Å²) in [6, 6.07) is 1.75. The summed E-state index contributed by atoms with van der Waals surface area (Å²) in [6.07, 6.45) is 4.39. The number of fused-ring (bicyclic) bond motifs is 3. The van der Waals surface area contributed by atoms with Gasteiger partial charge in [0.2, 0.25) is 0 Å². The predicted molar refractivity (Wildman–Crippen MR) is 43.0 cm³/mol. The Morgan fingerprint density at radius 3 is 2.00 bits per heavy atom. The van der Waals surface area contributed by atoms with E-state index < -0.39 is 0 Å². The summed E-state index contributed by atoms with van der Waals surface area (Å²) in [7, 11) is 0. The van der Waals surface area contributed by atoms with Crippen LogP contribution in [0.3, 0.4) is 0 Å². The first-order chi connectivity index (χ1) is 4.77. The molecule has 3 rings (SSSR count). The second-order valence-corrected chi connectivity index (χ2v) is 4.06. The van der Waals surface area contributed by atoms with Gasteiger partial charge >= 0.3 is 0 Å². The number of piperidine rings is 3. The van der Waals surface area contributed by atoms with E-state index in [2.05, 4.69) is 18.7 Å². The second-order valence-electron chi connectivity index (χ2n) is 4.06. The topological polar surface area (TPSA) is 3.24 Å². The first kappa shape index (κ1) is 6.66. The van der Waals surface area contributed by atoms with Crippen LogP contribution in [0.1, 0.15) is 33.1 Å². The molecule has 0 aromatic carbocycles. The van der Waals surface area contributed by atoms with Crippen LogP contribution in [0, 0.1) is 5.92 Å². The summed E-state index contributed by atoms with van der Waals surface area (Å²) in [5.41, 5.74) is 0. The van der Waals surface area contributed by atoms with Gasteiger partial charge in [0.05, 0.1) is 0 Å². The van der Waals surface area contributed by atoms with Gasteiger partial charge in [0.15, 0.2) is 0 Å². The van der Waals surface area contributed by atoms with E-state index in [0.717, 1.165) is 18.0 Å². The molecule has 0 aromatic rings. The van der Waals surface area contributed by atoms with Crippen LogP contribution in [0.4, 0.5) is 0 Å². The highest BCUT2D eigenvalue weighted by atomic mass is 15.2. The van der Waals surface area contributed by atoms with Crippen molar-refractivity contribution in [3.63, 3.8) is 0 Å². The lowest BCUT2D eigenvalue weighted by atomic mass is 9.80. The number of hydrogen-bond donors (Lipinski definition) is 0. The zero-order chi connectivity index (χ0) is 7.14. The fraction of sp³-hybridized carbons (Fsp3) is 1.00. The highest BCUT2D eigenvalue weighted by Gasteiger charge is 2.35. The third-order valence-corrected chi connectivity index (χ3v) is 3.28. The van der Waals surface area contributed by atoms with Crippen molar-refractivity contribution in [2.75, 3.05) is 6.54 Å². The molecule has 2 unspecified atom stereocenters. The molecule has 0 amide bonds. The van der Waals surface area contributed by atoms with Gasteiger partial charge in [-0.2, -0.15) is 0 Å². The van der Waals surface area contributed by atoms with E-state index in [1.165, 1.54) is 25.8 Å². The maximum Gasteiger partial charge on any atom is 0.00724 e. The van der Waals surface area contributed by atoms with Gasteiger partial charge in [0.1, 0.15) is 0 Å². The minimum atomic E-state index is 0.877. The average Bonchev–Trinajstić information content (AvgIpc) is 1.86. The van der Waals surface area contributed by atoms with E-state index in [1.54, 1.807) is 0 Å². The van der Waals surface area contributed by atoms with E-state index in [1.807, 2.05) is 0 Å². The lowest BCUT2D eigenvalue weighted by Gasteiger charge is -2.48. The van der Waals surface area contributed by atoms with Crippen LogP contribution in [0.5, 0.6) is 0 Å². The summed E-state index contributed by atoms with van der Waals surface area (Å²) < 4.78 is 0. The third kappa shape index (κ3) is 0.878. The first-order valence-corrected chi connectivity index (χ1v) is 4.53. The summed E-state index contributed by atoms with van der Waals surface area (Å²) in [5, 5.41) is 0. The normalized spacial score (nSPS) is 53.4. The van der Waals surface area contributed by atoms with E-state index >= 15 is 0 Å². The Balaban J connectivity index is 2.11. The van der Waals surface area contributed by atoms with Crippen LogP contribution in [0.15, 0.2) is 0 Å². The molecule has 2 bridgehead atoms. The van der Waals surface area contributed by atoms with Crippen molar-refractivity contribution in [2.45, 2.75) is 45.2 Å². The molecule has 58 valence electrons. The van der Waals surface area contributed by atoms with Crippen LogP contribution in [-0.4, -0.2) is 23.5 Å². The molecule has 3 heterocycles. The van der Waals surface area contributed by atoms with Crippen LogP contribution < -0.4 is 0 Å². The van der Waals surface area contributed by atoms with Gasteiger partial charge in [-0.25, -0.2) is 0 Å². The molecule has 0 radical (unpaired) electrons. The first-order valence-electron chi connectivity index (χ1n) is 4.53. The minimum absolute atomic E-state index is 0.877. The zero-order valence-corrected chi connectivity index (χ0v) is 7.01. The molecule has 2 atom stereocenters. The van der Waals surface area contributed by atoms with Crippen molar-refractivity contribution in [1.82, 2.24) is 4.90 Å². The maximum atomic E-state index is 2.67. The summed E-state index contributed by atoms with van der Waals surface area (Å²) in [4.78, 5) is 2.67. The third-order valence-electron chi connectivity index (χ3n) is 3.28. The highest BCUT2D eigenvalue weighted by molar-refractivity contribution is 4.89. The fourth-order valence-electron chi connectivity index (χ4n) is 2.77. The quantitative estimate of drug-likeness (QED) is 0.495. The van der Waals surface area contributed by atoms with Gasteiger partial charge < -0.3 is 0 Å². The molecular formula is C9H17N. The van der Waals surface area contributed by atoms with Gasteiger partial charge in [-0.3, -0.25) is 4.90 Å². The smallest absolute Gasteiger partial charge is 0.00724 e. The highest BCUT2D eigenvalue weighted by Crippen LogP contribution is 2.35. The predicted octanol–water partition coefficient (Wildman–Crippen LogP) is 1.88. The zero-order valence-electron chi connectivity index (χ0n) is 7.01. The van der Waals surface area contributed by atoms with Crippen LogP contribution in [-0.2, 0) is 0 Å². The molecule has 3 aliphatic heterocycles. The van der Waals surface area contributed by atoms with Crippen molar-refractivity contribution in [1.29, 1.82) is 0 Å². The standard InChI is InChI=1S/C9H17N/c1-7-5-9-3-4-10(7)8(2)6-9/h7-9H,3-6H2,1-2H3. The lowest BCUT2D eigenvalue weighted by Crippen LogP contribution is -2.52. The van der Waals surface area contributed by atoms with Crippen LogP contribution >= 0.6 is 0 Å². The summed E-state index contributed by atoms with van der Waals surface area (Å²) in [5.74, 6) is 1.06. The van der Waals surface area contributed by atoms with Crippen LogP contribution in [0.2, 0.25) is 0 Å².